The lowest BCUT2D eigenvalue weighted by molar-refractivity contribution is 0.465. The van der Waals surface area contributed by atoms with Crippen LogP contribution in [0.1, 0.15) is 11.1 Å². The van der Waals surface area contributed by atoms with Gasteiger partial charge in [-0.25, -0.2) is 0 Å². The topological polar surface area (TPSA) is 48.2 Å². The maximum Gasteiger partial charge on any atom is 0.277 e. The first-order chi connectivity index (χ1) is 13.3. The molecule has 0 saturated carbocycles. The highest BCUT2D eigenvalue weighted by molar-refractivity contribution is 7.98. The van der Waals surface area contributed by atoms with Gasteiger partial charge in [-0.3, -0.25) is 0 Å². The Hall–Kier alpha value is -3.05. The van der Waals surface area contributed by atoms with E-state index in [1.165, 1.54) is 17.3 Å². The molecule has 5 heteroatoms. The van der Waals surface area contributed by atoms with Crippen LogP contribution in [0, 0.1) is 6.92 Å². The Morgan fingerprint density at radius 1 is 0.852 bits per heavy atom. The summed E-state index contributed by atoms with van der Waals surface area (Å²) in [5.41, 5.74) is 3.19. The van der Waals surface area contributed by atoms with Crippen molar-refractivity contribution in [2.75, 3.05) is 0 Å². The molecule has 0 aliphatic rings. The molecule has 0 fully saturated rings. The van der Waals surface area contributed by atoms with Gasteiger partial charge in [0.25, 0.3) is 5.22 Å². The summed E-state index contributed by atoms with van der Waals surface area (Å²) in [5, 5.41) is 8.84. The summed E-state index contributed by atoms with van der Waals surface area (Å²) in [4.78, 5) is 0. The fourth-order valence-electron chi connectivity index (χ4n) is 2.56. The number of para-hydroxylation sites is 2. The molecule has 1 aromatic heterocycles. The minimum absolute atomic E-state index is 0.534. The summed E-state index contributed by atoms with van der Waals surface area (Å²) in [6.45, 7) is 2.05. The first-order valence-corrected chi connectivity index (χ1v) is 9.61. The maximum absolute atomic E-state index is 6.00. The van der Waals surface area contributed by atoms with E-state index in [0.29, 0.717) is 16.9 Å². The lowest BCUT2D eigenvalue weighted by Gasteiger charge is -2.10. The van der Waals surface area contributed by atoms with E-state index in [1.54, 1.807) is 0 Å². The molecule has 0 unspecified atom stereocenters. The third-order valence-electron chi connectivity index (χ3n) is 4.00. The fourth-order valence-corrected chi connectivity index (χ4v) is 3.31. The van der Waals surface area contributed by atoms with Crippen LogP contribution in [0.15, 0.2) is 88.5 Å². The zero-order valence-electron chi connectivity index (χ0n) is 14.8. The molecular formula is C22H18N2O2S. The van der Waals surface area contributed by atoms with Gasteiger partial charge in [-0.05, 0) is 37.3 Å². The molecule has 0 N–H and O–H groups in total. The van der Waals surface area contributed by atoms with E-state index in [4.69, 9.17) is 9.15 Å². The third-order valence-corrected chi connectivity index (χ3v) is 4.87. The second kappa shape index (κ2) is 8.10. The highest BCUT2D eigenvalue weighted by Gasteiger charge is 2.11. The molecule has 4 rings (SSSR count). The molecule has 0 atom stereocenters. The van der Waals surface area contributed by atoms with Crippen molar-refractivity contribution >= 4 is 11.8 Å². The van der Waals surface area contributed by atoms with E-state index in [1.807, 2.05) is 85.8 Å². The molecule has 0 radical (unpaired) electrons. The largest absolute Gasteiger partial charge is 0.457 e. The van der Waals surface area contributed by atoms with Crippen LogP contribution < -0.4 is 4.74 Å². The van der Waals surface area contributed by atoms with Gasteiger partial charge in [-0.15, -0.1) is 10.2 Å². The van der Waals surface area contributed by atoms with Crippen molar-refractivity contribution in [1.29, 1.82) is 0 Å². The monoisotopic (exact) mass is 374 g/mol. The Morgan fingerprint density at radius 3 is 2.41 bits per heavy atom. The predicted octanol–water partition coefficient (Wildman–Crippen LogP) is 6.13. The Kier molecular flexibility index (Phi) is 5.21. The first-order valence-electron chi connectivity index (χ1n) is 8.62. The van der Waals surface area contributed by atoms with E-state index < -0.39 is 0 Å². The van der Waals surface area contributed by atoms with E-state index in [2.05, 4.69) is 10.2 Å². The second-order valence-electron chi connectivity index (χ2n) is 6.05. The summed E-state index contributed by atoms with van der Waals surface area (Å²) in [6, 6.07) is 25.8. The van der Waals surface area contributed by atoms with Crippen molar-refractivity contribution < 1.29 is 9.15 Å². The van der Waals surface area contributed by atoms with Crippen LogP contribution in [0.2, 0.25) is 0 Å². The van der Waals surface area contributed by atoms with Gasteiger partial charge in [-0.2, -0.15) is 0 Å². The van der Waals surface area contributed by atoms with Crippen LogP contribution in [0.5, 0.6) is 11.5 Å². The van der Waals surface area contributed by atoms with Crippen LogP contribution in [0.3, 0.4) is 0 Å². The molecule has 27 heavy (non-hydrogen) atoms. The average molecular weight is 374 g/mol. The summed E-state index contributed by atoms with van der Waals surface area (Å²) in [6.07, 6.45) is 0. The highest BCUT2D eigenvalue weighted by Crippen LogP contribution is 2.31. The van der Waals surface area contributed by atoms with Gasteiger partial charge < -0.3 is 9.15 Å². The molecule has 0 aliphatic carbocycles. The summed E-state index contributed by atoms with van der Waals surface area (Å²) < 4.78 is 11.8. The number of benzene rings is 3. The van der Waals surface area contributed by atoms with Crippen molar-refractivity contribution in [2.45, 2.75) is 17.9 Å². The van der Waals surface area contributed by atoms with Gasteiger partial charge in [0.15, 0.2) is 0 Å². The standard InChI is InChI=1S/C22H18N2O2S/c1-16-11-13-17(14-12-16)21-23-24-22(26-21)27-15-18-7-5-6-10-20(18)25-19-8-3-2-4-9-19/h2-14H,15H2,1H3. The Balaban J connectivity index is 1.46. The molecule has 0 amide bonds. The summed E-state index contributed by atoms with van der Waals surface area (Å²) in [5.74, 6) is 2.86. The smallest absolute Gasteiger partial charge is 0.277 e. The normalized spacial score (nSPS) is 10.7. The van der Waals surface area contributed by atoms with E-state index in [-0.39, 0.29) is 0 Å². The number of ether oxygens (including phenoxy) is 1. The van der Waals surface area contributed by atoms with E-state index in [0.717, 1.165) is 22.6 Å². The molecule has 0 spiro atoms. The number of hydrogen-bond donors (Lipinski definition) is 0. The lowest BCUT2D eigenvalue weighted by atomic mass is 10.1. The number of aromatic nitrogens is 2. The van der Waals surface area contributed by atoms with E-state index in [9.17, 15) is 0 Å². The van der Waals surface area contributed by atoms with Crippen LogP contribution >= 0.6 is 11.8 Å². The van der Waals surface area contributed by atoms with Gasteiger partial charge in [0.1, 0.15) is 11.5 Å². The van der Waals surface area contributed by atoms with Crippen LogP contribution in [0.4, 0.5) is 0 Å². The SMILES string of the molecule is Cc1ccc(-c2nnc(SCc3ccccc3Oc3ccccc3)o2)cc1. The van der Waals surface area contributed by atoms with E-state index >= 15 is 0 Å². The van der Waals surface area contributed by atoms with Crippen molar-refractivity contribution in [1.82, 2.24) is 10.2 Å². The van der Waals surface area contributed by atoms with Gasteiger partial charge in [-0.1, -0.05) is 65.9 Å². The van der Waals surface area contributed by atoms with Crippen molar-refractivity contribution in [3.63, 3.8) is 0 Å². The van der Waals surface area contributed by atoms with Gasteiger partial charge in [0, 0.05) is 16.9 Å². The Bertz CT molecular complexity index is 1010. The third kappa shape index (κ3) is 4.38. The molecule has 4 nitrogen and oxygen atoms in total. The quantitative estimate of drug-likeness (QED) is 0.380. The minimum atomic E-state index is 0.534. The predicted molar refractivity (Wildman–Crippen MR) is 107 cm³/mol. The number of nitrogens with zero attached hydrogens (tertiary/aromatic N) is 2. The highest BCUT2D eigenvalue weighted by atomic mass is 32.2. The number of aryl methyl sites for hydroxylation is 1. The Morgan fingerprint density at radius 2 is 1.59 bits per heavy atom. The van der Waals surface area contributed by atoms with Crippen LogP contribution in [-0.2, 0) is 5.75 Å². The molecule has 3 aromatic carbocycles. The molecular weight excluding hydrogens is 356 g/mol. The summed E-state index contributed by atoms with van der Waals surface area (Å²) in [7, 11) is 0. The molecule has 134 valence electrons. The van der Waals surface area contributed by atoms with Gasteiger partial charge in [0.05, 0.1) is 0 Å². The van der Waals surface area contributed by atoms with Crippen molar-refractivity contribution in [3.05, 3.63) is 90.0 Å². The number of hydrogen-bond acceptors (Lipinski definition) is 5. The zero-order valence-corrected chi connectivity index (χ0v) is 15.6. The first kappa shape index (κ1) is 17.4. The minimum Gasteiger partial charge on any atom is -0.457 e. The molecule has 4 aromatic rings. The molecule has 0 aliphatic heterocycles. The Labute approximate surface area is 162 Å². The zero-order chi connectivity index (χ0) is 18.5. The lowest BCUT2D eigenvalue weighted by Crippen LogP contribution is -1.90. The van der Waals surface area contributed by atoms with Crippen molar-refractivity contribution in [2.24, 2.45) is 0 Å². The van der Waals surface area contributed by atoms with Crippen molar-refractivity contribution in [3.8, 4) is 23.0 Å². The fraction of sp³-hybridized carbons (Fsp3) is 0.0909. The molecule has 0 saturated heterocycles. The second-order valence-corrected chi connectivity index (χ2v) is 6.98. The maximum atomic E-state index is 6.00. The van der Waals surface area contributed by atoms with Crippen LogP contribution in [-0.4, -0.2) is 10.2 Å². The average Bonchev–Trinajstić information content (AvgIpc) is 3.18. The van der Waals surface area contributed by atoms with Gasteiger partial charge >= 0.3 is 0 Å². The van der Waals surface area contributed by atoms with Gasteiger partial charge in [0.2, 0.25) is 5.89 Å². The van der Waals surface area contributed by atoms with Crippen LogP contribution in [0.25, 0.3) is 11.5 Å². The molecule has 1 heterocycles. The molecule has 0 bridgehead atoms. The summed E-state index contributed by atoms with van der Waals surface area (Å²) >= 11 is 1.50. The number of thioether (sulfide) groups is 1. The number of rotatable bonds is 6.